The molecule has 0 amide bonds. The minimum atomic E-state index is -4.70. The van der Waals surface area contributed by atoms with Crippen molar-refractivity contribution in [3.63, 3.8) is 0 Å². The zero-order chi connectivity index (χ0) is 31.0. The van der Waals surface area contributed by atoms with Crippen LogP contribution in [0.3, 0.4) is 0 Å². The van der Waals surface area contributed by atoms with Crippen LogP contribution in [0, 0.1) is 5.92 Å². The normalized spacial score (nSPS) is 38.3. The van der Waals surface area contributed by atoms with Crippen molar-refractivity contribution in [2.24, 2.45) is 5.92 Å². The van der Waals surface area contributed by atoms with Crippen LogP contribution >= 0.6 is 15.3 Å². The Balaban J connectivity index is 1.17. The molecule has 236 valence electrons. The lowest BCUT2D eigenvalue weighted by atomic mass is 10.0. The molecule has 0 aliphatic carbocycles. The topological polar surface area (TPSA) is 303 Å². The molecule has 10 atom stereocenters. The smallest absolute Gasteiger partial charge is 0.388 e. The zero-order valence-corrected chi connectivity index (χ0v) is 24.2. The molecule has 3 saturated heterocycles. The Kier molecular flexibility index (Phi) is 7.18. The Hall–Kier alpha value is -3.20. The molecule has 7 heterocycles. The first-order valence-corrected chi connectivity index (χ1v) is 16.5. The predicted octanol–water partition coefficient (Wildman–Crippen LogP) is -1.75. The molecule has 0 aromatic carbocycles. The van der Waals surface area contributed by atoms with Crippen molar-refractivity contribution in [3.8, 4) is 0 Å². The van der Waals surface area contributed by atoms with Gasteiger partial charge in [0.2, 0.25) is 0 Å². The monoisotopic (exact) mass is 655 g/mol. The number of hydrogen-bond donors (Lipinski definition) is 7. The van der Waals surface area contributed by atoms with Gasteiger partial charge in [0.1, 0.15) is 42.0 Å². The molecule has 23 heteroatoms. The number of hydrogen-bond acceptors (Lipinski definition) is 16. The van der Waals surface area contributed by atoms with E-state index in [1.54, 1.807) is 0 Å². The van der Waals surface area contributed by atoms with E-state index in [1.165, 1.54) is 34.4 Å². The van der Waals surface area contributed by atoms with Crippen molar-refractivity contribution in [1.82, 2.24) is 44.1 Å². The average molecular weight is 655 g/mol. The van der Waals surface area contributed by atoms with Gasteiger partial charge in [0.25, 0.3) is 0 Å². The third-order valence-electron chi connectivity index (χ3n) is 7.83. The fourth-order valence-electron chi connectivity index (χ4n) is 5.71. The molecule has 4 aromatic heterocycles. The van der Waals surface area contributed by atoms with Crippen LogP contribution in [0.4, 0.5) is 11.6 Å². The second-order valence-corrected chi connectivity index (χ2v) is 14.0. The van der Waals surface area contributed by atoms with E-state index in [4.69, 9.17) is 30.0 Å². The summed E-state index contributed by atoms with van der Waals surface area (Å²) in [6.07, 6.45) is -3.36. The van der Waals surface area contributed by atoms with Crippen LogP contribution in [0.15, 0.2) is 25.3 Å². The maximum absolute atomic E-state index is 13.3. The van der Waals surface area contributed by atoms with Gasteiger partial charge in [-0.3, -0.25) is 18.2 Å². The third kappa shape index (κ3) is 5.05. The Morgan fingerprint density at radius 3 is 1.95 bits per heavy atom. The number of rotatable bonds is 2. The minimum absolute atomic E-state index is 0.0829. The van der Waals surface area contributed by atoms with Crippen molar-refractivity contribution in [2.45, 2.75) is 42.9 Å². The van der Waals surface area contributed by atoms with E-state index in [1.807, 2.05) is 0 Å². The van der Waals surface area contributed by atoms with E-state index in [0.29, 0.717) is 0 Å². The first kappa shape index (κ1) is 29.5. The maximum atomic E-state index is 13.3. The lowest BCUT2D eigenvalue weighted by molar-refractivity contribution is -0.0483. The molecular formula is C21H27N11O10P2. The highest BCUT2D eigenvalue weighted by Gasteiger charge is 2.52. The number of fused-ring (bicyclic) bond motifs is 4. The number of aromatic nitrogens is 8. The first-order valence-electron chi connectivity index (χ1n) is 13.2. The number of anilines is 2. The van der Waals surface area contributed by atoms with E-state index >= 15 is 0 Å². The van der Waals surface area contributed by atoms with Gasteiger partial charge in [-0.2, -0.15) is 0 Å². The number of nitrogen functional groups attached to an aromatic ring is 2. The molecular weight excluding hydrogens is 628 g/mol. The average Bonchev–Trinajstić information content (AvgIpc) is 3.73. The van der Waals surface area contributed by atoms with E-state index in [9.17, 15) is 29.1 Å². The maximum Gasteiger partial charge on any atom is 0.403 e. The Labute approximate surface area is 246 Å². The molecule has 0 spiro atoms. The highest BCUT2D eigenvalue weighted by molar-refractivity contribution is 7.52. The van der Waals surface area contributed by atoms with Crippen molar-refractivity contribution in [3.05, 3.63) is 25.3 Å². The van der Waals surface area contributed by atoms with Crippen molar-refractivity contribution in [1.29, 1.82) is 0 Å². The summed E-state index contributed by atoms with van der Waals surface area (Å²) in [5.74, 6) is -0.931. The van der Waals surface area contributed by atoms with Gasteiger partial charge in [-0.15, -0.1) is 0 Å². The van der Waals surface area contributed by atoms with Crippen LogP contribution in [-0.2, 0) is 27.7 Å². The van der Waals surface area contributed by atoms with Gasteiger partial charge in [0.15, 0.2) is 35.4 Å². The largest absolute Gasteiger partial charge is 0.403 e. The van der Waals surface area contributed by atoms with Crippen LogP contribution in [0.5, 0.6) is 0 Å². The molecule has 0 radical (unpaired) electrons. The number of aliphatic hydroxyl groups excluding tert-OH is 2. The Bertz CT molecular complexity index is 1690. The van der Waals surface area contributed by atoms with Gasteiger partial charge in [-0.05, 0) is 0 Å². The fraction of sp³-hybridized carbons (Fsp3) is 0.524. The molecule has 0 saturated carbocycles. The van der Waals surface area contributed by atoms with Gasteiger partial charge in [-0.25, -0.2) is 39.6 Å². The van der Waals surface area contributed by atoms with Gasteiger partial charge in [0, 0.05) is 5.92 Å². The number of nitrogens with one attached hydrogen (secondary N) is 1. The third-order valence-corrected chi connectivity index (χ3v) is 10.4. The molecule has 3 aliphatic heterocycles. The van der Waals surface area contributed by atoms with Gasteiger partial charge >= 0.3 is 15.3 Å². The SMILES string of the molecule is Nc1ncnc2c1ncn2[C@@H]1O[C@@H]2COP(=O)(O)N[C@H]3[C@@H](O)[C@H](n4cnc5c(N)ncnc54)O[C@@H]3COP(=O)(O)C[C@H]2[C@H]1O. The van der Waals surface area contributed by atoms with E-state index in [-0.39, 0.29) is 34.0 Å². The molecule has 3 aliphatic rings. The van der Waals surface area contributed by atoms with Crippen LogP contribution in [0.25, 0.3) is 22.3 Å². The summed E-state index contributed by atoms with van der Waals surface area (Å²) in [6.45, 7) is -1.19. The summed E-state index contributed by atoms with van der Waals surface area (Å²) in [6, 6.07) is -1.33. The van der Waals surface area contributed by atoms with E-state index in [2.05, 4.69) is 35.0 Å². The van der Waals surface area contributed by atoms with Crippen LogP contribution in [0.2, 0.25) is 0 Å². The molecule has 3 fully saturated rings. The second kappa shape index (κ2) is 10.7. The number of aliphatic hydroxyl groups is 2. The molecule has 21 nitrogen and oxygen atoms in total. The van der Waals surface area contributed by atoms with Crippen molar-refractivity contribution < 1.29 is 47.7 Å². The van der Waals surface area contributed by atoms with Crippen LogP contribution < -0.4 is 16.6 Å². The van der Waals surface area contributed by atoms with Crippen LogP contribution in [-0.4, -0.2) is 109 Å². The van der Waals surface area contributed by atoms with Crippen LogP contribution in [0.1, 0.15) is 12.5 Å². The van der Waals surface area contributed by atoms with E-state index < -0.39 is 83.5 Å². The summed E-state index contributed by atoms with van der Waals surface area (Å²) in [7, 11) is -9.17. The lowest BCUT2D eigenvalue weighted by Gasteiger charge is -2.28. The van der Waals surface area contributed by atoms with Gasteiger partial charge in [0.05, 0.1) is 44.2 Å². The van der Waals surface area contributed by atoms with Gasteiger partial charge < -0.3 is 45.5 Å². The number of nitrogens with two attached hydrogens (primary N) is 2. The molecule has 0 bridgehead atoms. The Morgan fingerprint density at radius 2 is 1.34 bits per heavy atom. The number of imidazole rings is 2. The summed E-state index contributed by atoms with van der Waals surface area (Å²) >= 11 is 0. The second-order valence-electron chi connectivity index (χ2n) is 10.5. The summed E-state index contributed by atoms with van der Waals surface area (Å²) < 4.78 is 51.9. The fourth-order valence-corrected chi connectivity index (χ4v) is 8.29. The highest BCUT2D eigenvalue weighted by Crippen LogP contribution is 2.52. The summed E-state index contributed by atoms with van der Waals surface area (Å²) in [5, 5.41) is 24.8. The molecule has 2 unspecified atom stereocenters. The number of ether oxygens (including phenoxy) is 2. The quantitative estimate of drug-likeness (QED) is 0.118. The van der Waals surface area contributed by atoms with E-state index in [0.717, 1.165) is 0 Å². The standard InChI is InChI=1S/C21H27N11O10P2/c22-16-12-18(26-4-24-16)31(6-28-12)20-14(33)8-3-43(35,36)39-2-10-11(30-44(37,38)40-1-9(8)41-20)15(34)21(42-10)32-7-29-13-17(23)25-5-27-19(13)32/h4-11,14-15,20-21,33-34H,1-3H2,(H,35,36)(H2,22,24,26)(H2,23,25,27)(H2,30,37,38)/t8-,9-,10-,11-,14-,15-,20-,21-/m1/s1. The zero-order valence-electron chi connectivity index (χ0n) is 22.4. The highest BCUT2D eigenvalue weighted by atomic mass is 31.2. The van der Waals surface area contributed by atoms with Crippen molar-refractivity contribution in [2.75, 3.05) is 30.8 Å². The Morgan fingerprint density at radius 1 is 0.795 bits per heavy atom. The predicted molar refractivity (Wildman–Crippen MR) is 146 cm³/mol. The number of nitrogens with zero attached hydrogens (tertiary/aromatic N) is 8. The van der Waals surface area contributed by atoms with Crippen molar-refractivity contribution >= 4 is 49.3 Å². The molecule has 4 aromatic rings. The summed E-state index contributed by atoms with van der Waals surface area (Å²) in [4.78, 5) is 45.9. The molecule has 7 rings (SSSR count). The minimum Gasteiger partial charge on any atom is -0.388 e. The molecule has 44 heavy (non-hydrogen) atoms. The van der Waals surface area contributed by atoms with Gasteiger partial charge in [-0.1, -0.05) is 0 Å². The lowest BCUT2D eigenvalue weighted by Crippen LogP contribution is -2.45. The summed E-state index contributed by atoms with van der Waals surface area (Å²) in [5.41, 5.74) is 12.6. The molecule has 9 N–H and O–H groups in total. The first-order chi connectivity index (χ1) is 20.9.